The van der Waals surface area contributed by atoms with Crippen LogP contribution < -0.4 is 11.1 Å². The summed E-state index contributed by atoms with van der Waals surface area (Å²) in [5.74, 6) is 0.485. The first-order chi connectivity index (χ1) is 8.49. The van der Waals surface area contributed by atoms with Crippen molar-refractivity contribution in [1.29, 1.82) is 0 Å². The van der Waals surface area contributed by atoms with E-state index in [1.165, 1.54) is 0 Å². The molecule has 1 rings (SSSR count). The normalized spacial score (nSPS) is 20.1. The molecule has 4 nitrogen and oxygen atoms in total. The van der Waals surface area contributed by atoms with Gasteiger partial charge in [-0.05, 0) is 32.1 Å². The molecule has 3 N–H and O–H groups in total. The molecule has 0 aromatic rings. The highest BCUT2D eigenvalue weighted by molar-refractivity contribution is 5.86. The highest BCUT2D eigenvalue weighted by Crippen LogP contribution is 2.27. The first-order valence-electron chi connectivity index (χ1n) is 7.18. The molecule has 0 spiro atoms. The molecule has 106 valence electrons. The van der Waals surface area contributed by atoms with Gasteiger partial charge in [-0.25, -0.2) is 0 Å². The lowest BCUT2D eigenvalue weighted by Gasteiger charge is -2.24. The van der Waals surface area contributed by atoms with Crippen molar-refractivity contribution >= 4 is 5.91 Å². The van der Waals surface area contributed by atoms with Gasteiger partial charge in [0.2, 0.25) is 5.91 Å². The van der Waals surface area contributed by atoms with Crippen LogP contribution in [0.4, 0.5) is 0 Å². The van der Waals surface area contributed by atoms with E-state index in [9.17, 15) is 4.79 Å². The Morgan fingerprint density at radius 3 is 2.50 bits per heavy atom. The molecule has 1 fully saturated rings. The lowest BCUT2D eigenvalue weighted by Crippen LogP contribution is -2.52. The van der Waals surface area contributed by atoms with Crippen LogP contribution in [0.15, 0.2) is 0 Å². The van der Waals surface area contributed by atoms with Gasteiger partial charge >= 0.3 is 0 Å². The third-order valence-electron chi connectivity index (χ3n) is 3.79. The maximum Gasteiger partial charge on any atom is 0.240 e. The topological polar surface area (TPSA) is 64.3 Å². The largest absolute Gasteiger partial charge is 0.378 e. The monoisotopic (exact) mass is 256 g/mol. The average molecular weight is 256 g/mol. The number of carbonyl (C=O) groups excluding carboxylic acids is 1. The first-order valence-corrected chi connectivity index (χ1v) is 7.18. The second-order valence-corrected chi connectivity index (χ2v) is 5.65. The summed E-state index contributed by atoms with van der Waals surface area (Å²) in [6.07, 6.45) is 4.84. The molecule has 0 saturated heterocycles. The van der Waals surface area contributed by atoms with E-state index in [1.807, 2.05) is 6.92 Å². The zero-order chi connectivity index (χ0) is 13.6. The standard InChI is InChI=1S/C14H28N2O2/c1-4-18-12(11(2)3)7-10-16-13(17)14(15)8-5-6-9-14/h11-12H,4-10,15H2,1-3H3,(H,16,17). The zero-order valence-electron chi connectivity index (χ0n) is 12.0. The predicted octanol–water partition coefficient (Wildman–Crippen LogP) is 1.83. The molecule has 0 aromatic heterocycles. The van der Waals surface area contributed by atoms with Crippen LogP contribution in [-0.4, -0.2) is 30.7 Å². The molecular weight excluding hydrogens is 228 g/mol. The maximum absolute atomic E-state index is 12.0. The van der Waals surface area contributed by atoms with Gasteiger partial charge in [-0.3, -0.25) is 4.79 Å². The summed E-state index contributed by atoms with van der Waals surface area (Å²) in [4.78, 5) is 12.0. The number of nitrogens with two attached hydrogens (primary N) is 1. The van der Waals surface area contributed by atoms with Crippen molar-refractivity contribution in [2.75, 3.05) is 13.2 Å². The Morgan fingerprint density at radius 2 is 2.00 bits per heavy atom. The molecule has 1 aliphatic rings. The summed E-state index contributed by atoms with van der Waals surface area (Å²) in [6, 6.07) is 0. The molecule has 1 unspecified atom stereocenters. The second-order valence-electron chi connectivity index (χ2n) is 5.65. The van der Waals surface area contributed by atoms with Crippen LogP contribution in [-0.2, 0) is 9.53 Å². The fourth-order valence-electron chi connectivity index (χ4n) is 2.56. The molecule has 1 atom stereocenters. The van der Waals surface area contributed by atoms with Gasteiger partial charge < -0.3 is 15.8 Å². The summed E-state index contributed by atoms with van der Waals surface area (Å²) >= 11 is 0. The fraction of sp³-hybridized carbons (Fsp3) is 0.929. The molecule has 18 heavy (non-hydrogen) atoms. The number of nitrogens with one attached hydrogen (secondary N) is 1. The minimum Gasteiger partial charge on any atom is -0.378 e. The summed E-state index contributed by atoms with van der Waals surface area (Å²) in [5.41, 5.74) is 5.48. The van der Waals surface area contributed by atoms with E-state index < -0.39 is 5.54 Å². The minimum absolute atomic E-state index is 0.0130. The smallest absolute Gasteiger partial charge is 0.240 e. The van der Waals surface area contributed by atoms with E-state index in [0.717, 1.165) is 38.7 Å². The fourth-order valence-corrected chi connectivity index (χ4v) is 2.56. The van der Waals surface area contributed by atoms with Gasteiger partial charge in [0.25, 0.3) is 0 Å². The van der Waals surface area contributed by atoms with Crippen LogP contribution in [0.1, 0.15) is 52.9 Å². The van der Waals surface area contributed by atoms with Crippen molar-refractivity contribution in [1.82, 2.24) is 5.32 Å². The van der Waals surface area contributed by atoms with Crippen molar-refractivity contribution in [2.24, 2.45) is 11.7 Å². The van der Waals surface area contributed by atoms with E-state index in [-0.39, 0.29) is 12.0 Å². The average Bonchev–Trinajstić information content (AvgIpc) is 2.76. The van der Waals surface area contributed by atoms with Crippen molar-refractivity contribution in [3.05, 3.63) is 0 Å². The third kappa shape index (κ3) is 4.25. The van der Waals surface area contributed by atoms with E-state index in [1.54, 1.807) is 0 Å². The summed E-state index contributed by atoms with van der Waals surface area (Å²) < 4.78 is 5.65. The molecule has 1 amide bonds. The molecule has 0 heterocycles. The van der Waals surface area contributed by atoms with Crippen LogP contribution in [0, 0.1) is 5.92 Å². The van der Waals surface area contributed by atoms with Gasteiger partial charge in [0.1, 0.15) is 0 Å². The van der Waals surface area contributed by atoms with E-state index >= 15 is 0 Å². The zero-order valence-corrected chi connectivity index (χ0v) is 12.0. The first kappa shape index (κ1) is 15.4. The summed E-state index contributed by atoms with van der Waals surface area (Å²) in [7, 11) is 0. The number of amides is 1. The van der Waals surface area contributed by atoms with Crippen LogP contribution in [0.3, 0.4) is 0 Å². The lowest BCUT2D eigenvalue weighted by molar-refractivity contribution is -0.126. The Morgan fingerprint density at radius 1 is 1.39 bits per heavy atom. The van der Waals surface area contributed by atoms with Crippen LogP contribution in [0.25, 0.3) is 0 Å². The summed E-state index contributed by atoms with van der Waals surface area (Å²) in [5, 5.41) is 2.96. The van der Waals surface area contributed by atoms with E-state index in [0.29, 0.717) is 12.5 Å². The Bertz CT molecular complexity index is 261. The lowest BCUT2D eigenvalue weighted by atomic mass is 9.98. The van der Waals surface area contributed by atoms with Gasteiger partial charge in [0, 0.05) is 13.2 Å². The minimum atomic E-state index is -0.612. The van der Waals surface area contributed by atoms with Crippen molar-refractivity contribution in [2.45, 2.75) is 64.5 Å². The molecule has 0 aromatic carbocycles. The highest BCUT2D eigenvalue weighted by atomic mass is 16.5. The number of hydrogen-bond donors (Lipinski definition) is 2. The summed E-state index contributed by atoms with van der Waals surface area (Å²) in [6.45, 7) is 7.66. The second kappa shape index (κ2) is 7.10. The molecular formula is C14H28N2O2. The van der Waals surface area contributed by atoms with Crippen molar-refractivity contribution in [3.8, 4) is 0 Å². The Balaban J connectivity index is 2.29. The van der Waals surface area contributed by atoms with Crippen LogP contribution >= 0.6 is 0 Å². The van der Waals surface area contributed by atoms with Crippen molar-refractivity contribution < 1.29 is 9.53 Å². The van der Waals surface area contributed by atoms with Crippen LogP contribution in [0.5, 0.6) is 0 Å². The van der Waals surface area contributed by atoms with E-state index in [2.05, 4.69) is 19.2 Å². The van der Waals surface area contributed by atoms with Gasteiger partial charge in [-0.15, -0.1) is 0 Å². The number of ether oxygens (including phenoxy) is 1. The molecule has 1 saturated carbocycles. The molecule has 1 aliphatic carbocycles. The number of hydrogen-bond acceptors (Lipinski definition) is 3. The molecule has 0 radical (unpaired) electrons. The third-order valence-corrected chi connectivity index (χ3v) is 3.79. The van der Waals surface area contributed by atoms with Gasteiger partial charge in [-0.2, -0.15) is 0 Å². The molecule has 0 aliphatic heterocycles. The Labute approximate surface area is 111 Å². The van der Waals surface area contributed by atoms with Gasteiger partial charge in [-0.1, -0.05) is 26.7 Å². The highest BCUT2D eigenvalue weighted by Gasteiger charge is 2.36. The molecule has 4 heteroatoms. The van der Waals surface area contributed by atoms with Gasteiger partial charge in [0.05, 0.1) is 11.6 Å². The number of carbonyl (C=O) groups is 1. The maximum atomic E-state index is 12.0. The van der Waals surface area contributed by atoms with E-state index in [4.69, 9.17) is 10.5 Å². The van der Waals surface area contributed by atoms with Crippen LogP contribution in [0.2, 0.25) is 0 Å². The Kier molecular flexibility index (Phi) is 6.09. The molecule has 0 bridgehead atoms. The van der Waals surface area contributed by atoms with Crippen molar-refractivity contribution in [3.63, 3.8) is 0 Å². The SMILES string of the molecule is CCOC(CCNC(=O)C1(N)CCCC1)C(C)C. The predicted molar refractivity (Wildman–Crippen MR) is 73.3 cm³/mol. The number of rotatable bonds is 7. The Hall–Kier alpha value is -0.610. The van der Waals surface area contributed by atoms with Gasteiger partial charge in [0.15, 0.2) is 0 Å². The quantitative estimate of drug-likeness (QED) is 0.730.